The maximum Gasteiger partial charge on any atom is 0.244 e. The monoisotopic (exact) mass is 295 g/mol. The lowest BCUT2D eigenvalue weighted by molar-refractivity contribution is -0.117. The summed E-state index contributed by atoms with van der Waals surface area (Å²) in [5, 5.41) is 6.91. The molecule has 0 aromatic carbocycles. The predicted molar refractivity (Wildman–Crippen MR) is 78.1 cm³/mol. The number of nitrogens with one attached hydrogen (secondary N) is 1. The van der Waals surface area contributed by atoms with E-state index in [9.17, 15) is 4.79 Å². The minimum absolute atomic E-state index is 0.0523. The first-order chi connectivity index (χ1) is 9.04. The Morgan fingerprint density at radius 3 is 2.95 bits per heavy atom. The third-order valence-corrected chi connectivity index (χ3v) is 3.95. The number of thiophene rings is 1. The summed E-state index contributed by atoms with van der Waals surface area (Å²) in [7, 11) is 1.83. The van der Waals surface area contributed by atoms with E-state index in [1.54, 1.807) is 17.0 Å². The predicted octanol–water partition coefficient (Wildman–Crippen LogP) is 3.03. The molecule has 0 spiro atoms. The zero-order valence-corrected chi connectivity index (χ0v) is 12.2. The summed E-state index contributed by atoms with van der Waals surface area (Å²) >= 11 is 7.34. The molecule has 0 aliphatic rings. The molecule has 2 aromatic heterocycles. The van der Waals surface area contributed by atoms with Gasteiger partial charge in [0.2, 0.25) is 5.91 Å². The Morgan fingerprint density at radius 1 is 1.58 bits per heavy atom. The van der Waals surface area contributed by atoms with Crippen molar-refractivity contribution in [1.29, 1.82) is 0 Å². The Labute approximate surface area is 120 Å². The lowest BCUT2D eigenvalue weighted by atomic mass is 10.2. The third-order valence-electron chi connectivity index (χ3n) is 2.53. The van der Waals surface area contributed by atoms with Crippen LogP contribution < -0.4 is 5.32 Å². The van der Waals surface area contributed by atoms with Crippen molar-refractivity contribution in [2.24, 2.45) is 7.05 Å². The molecule has 100 valence electrons. The number of hydrogen-bond acceptors (Lipinski definition) is 3. The maximum absolute atomic E-state index is 11.8. The molecule has 0 bridgehead atoms. The minimum atomic E-state index is -0.138. The number of halogens is 1. The topological polar surface area (TPSA) is 46.9 Å². The highest BCUT2D eigenvalue weighted by molar-refractivity contribution is 7.16. The van der Waals surface area contributed by atoms with Gasteiger partial charge < -0.3 is 5.32 Å². The molecule has 1 amide bonds. The second kappa shape index (κ2) is 6.04. The first-order valence-corrected chi connectivity index (χ1v) is 6.96. The zero-order chi connectivity index (χ0) is 13.8. The minimum Gasteiger partial charge on any atom is -0.345 e. The van der Waals surface area contributed by atoms with Crippen LogP contribution in [0.2, 0.25) is 4.34 Å². The Kier molecular flexibility index (Phi) is 4.39. The van der Waals surface area contributed by atoms with Crippen LogP contribution in [0.1, 0.15) is 23.4 Å². The second-order valence-corrected chi connectivity index (χ2v) is 5.90. The number of aryl methyl sites for hydroxylation is 1. The molecule has 19 heavy (non-hydrogen) atoms. The van der Waals surface area contributed by atoms with Gasteiger partial charge in [0.05, 0.1) is 16.6 Å². The smallest absolute Gasteiger partial charge is 0.244 e. The lowest BCUT2D eigenvalue weighted by Crippen LogP contribution is -2.23. The first-order valence-electron chi connectivity index (χ1n) is 5.77. The molecule has 2 aromatic rings. The summed E-state index contributed by atoms with van der Waals surface area (Å²) in [6, 6.07) is 3.70. The van der Waals surface area contributed by atoms with E-state index >= 15 is 0 Å². The van der Waals surface area contributed by atoms with Gasteiger partial charge in [0.1, 0.15) is 0 Å². The summed E-state index contributed by atoms with van der Waals surface area (Å²) in [4.78, 5) is 12.8. The van der Waals surface area contributed by atoms with Crippen LogP contribution >= 0.6 is 22.9 Å². The number of carbonyl (C=O) groups excluding carboxylic acids is 1. The second-order valence-electron chi connectivity index (χ2n) is 4.15. The number of hydrogen-bond donors (Lipinski definition) is 1. The van der Waals surface area contributed by atoms with E-state index in [1.807, 2.05) is 32.3 Å². The molecule has 0 fully saturated rings. The third kappa shape index (κ3) is 3.94. The van der Waals surface area contributed by atoms with Crippen molar-refractivity contribution in [2.75, 3.05) is 0 Å². The number of rotatable bonds is 4. The van der Waals surface area contributed by atoms with Gasteiger partial charge in [0.25, 0.3) is 0 Å². The van der Waals surface area contributed by atoms with Crippen LogP contribution in [-0.4, -0.2) is 15.7 Å². The van der Waals surface area contributed by atoms with Crippen molar-refractivity contribution in [3.8, 4) is 0 Å². The van der Waals surface area contributed by atoms with Crippen LogP contribution in [0.3, 0.4) is 0 Å². The first kappa shape index (κ1) is 13.8. The summed E-state index contributed by atoms with van der Waals surface area (Å²) in [6.07, 6.45) is 6.78. The summed E-state index contributed by atoms with van der Waals surface area (Å²) < 4.78 is 2.41. The molecule has 1 atom stereocenters. The van der Waals surface area contributed by atoms with Gasteiger partial charge in [-0.05, 0) is 25.1 Å². The van der Waals surface area contributed by atoms with Gasteiger partial charge in [-0.1, -0.05) is 11.6 Å². The molecule has 0 saturated heterocycles. The average Bonchev–Trinajstić information content (AvgIpc) is 2.95. The van der Waals surface area contributed by atoms with Crippen molar-refractivity contribution in [3.05, 3.63) is 45.4 Å². The van der Waals surface area contributed by atoms with Gasteiger partial charge in [-0.15, -0.1) is 11.3 Å². The number of amides is 1. The standard InChI is InChI=1S/C13H14ClN3OS/c1-9(11-4-5-12(14)19-11)16-13(18)6-3-10-7-15-17(2)8-10/h3-9H,1-2H3,(H,16,18). The SMILES string of the molecule is CC(NC(=O)C=Cc1cnn(C)c1)c1ccc(Cl)s1. The molecule has 4 nitrogen and oxygen atoms in total. The van der Waals surface area contributed by atoms with Gasteiger partial charge in [-0.25, -0.2) is 0 Å². The van der Waals surface area contributed by atoms with Gasteiger partial charge in [0.15, 0.2) is 0 Å². The molecule has 0 aliphatic carbocycles. The number of aromatic nitrogens is 2. The molecule has 0 radical (unpaired) electrons. The molecule has 2 rings (SSSR count). The van der Waals surface area contributed by atoms with E-state index in [1.165, 1.54) is 17.4 Å². The normalized spacial score (nSPS) is 12.8. The fraction of sp³-hybridized carbons (Fsp3) is 0.231. The van der Waals surface area contributed by atoms with Crippen LogP contribution in [0.25, 0.3) is 6.08 Å². The molecule has 1 unspecified atom stereocenters. The molecule has 6 heteroatoms. The fourth-order valence-corrected chi connectivity index (χ4v) is 2.66. The molecule has 0 saturated carbocycles. The van der Waals surface area contributed by atoms with Crippen LogP contribution in [-0.2, 0) is 11.8 Å². The van der Waals surface area contributed by atoms with Crippen LogP contribution in [0, 0.1) is 0 Å². The summed E-state index contributed by atoms with van der Waals surface area (Å²) in [5.41, 5.74) is 0.893. The van der Waals surface area contributed by atoms with Crippen molar-refractivity contribution < 1.29 is 4.79 Å². The van der Waals surface area contributed by atoms with Crippen molar-refractivity contribution in [1.82, 2.24) is 15.1 Å². The van der Waals surface area contributed by atoms with Crippen molar-refractivity contribution >= 4 is 34.9 Å². The van der Waals surface area contributed by atoms with E-state index in [4.69, 9.17) is 11.6 Å². The Hall–Kier alpha value is -1.59. The number of carbonyl (C=O) groups is 1. The van der Waals surface area contributed by atoms with Crippen LogP contribution in [0.4, 0.5) is 0 Å². The highest BCUT2D eigenvalue weighted by Crippen LogP contribution is 2.26. The van der Waals surface area contributed by atoms with E-state index in [0.29, 0.717) is 0 Å². The molecular weight excluding hydrogens is 282 g/mol. The molecule has 2 heterocycles. The molecular formula is C13H14ClN3OS. The summed E-state index contributed by atoms with van der Waals surface area (Å²) in [6.45, 7) is 1.93. The van der Waals surface area contributed by atoms with Crippen LogP contribution in [0.15, 0.2) is 30.6 Å². The lowest BCUT2D eigenvalue weighted by Gasteiger charge is -2.09. The van der Waals surface area contributed by atoms with Crippen molar-refractivity contribution in [2.45, 2.75) is 13.0 Å². The summed E-state index contributed by atoms with van der Waals surface area (Å²) in [5.74, 6) is -0.138. The Bertz CT molecular complexity index is 603. The highest BCUT2D eigenvalue weighted by Gasteiger charge is 2.09. The highest BCUT2D eigenvalue weighted by atomic mass is 35.5. The Balaban J connectivity index is 1.92. The largest absolute Gasteiger partial charge is 0.345 e. The van der Waals surface area contributed by atoms with Gasteiger partial charge in [0, 0.05) is 29.8 Å². The van der Waals surface area contributed by atoms with Gasteiger partial charge in [-0.2, -0.15) is 5.10 Å². The molecule has 0 aliphatic heterocycles. The average molecular weight is 296 g/mol. The van der Waals surface area contributed by atoms with Crippen LogP contribution in [0.5, 0.6) is 0 Å². The van der Waals surface area contributed by atoms with E-state index < -0.39 is 0 Å². The maximum atomic E-state index is 11.8. The van der Waals surface area contributed by atoms with E-state index in [2.05, 4.69) is 10.4 Å². The van der Waals surface area contributed by atoms with Gasteiger partial charge in [-0.3, -0.25) is 9.48 Å². The number of nitrogens with zero attached hydrogens (tertiary/aromatic N) is 2. The fourth-order valence-electron chi connectivity index (χ4n) is 1.59. The van der Waals surface area contributed by atoms with E-state index in [-0.39, 0.29) is 11.9 Å². The van der Waals surface area contributed by atoms with E-state index in [0.717, 1.165) is 14.8 Å². The van der Waals surface area contributed by atoms with Crippen molar-refractivity contribution in [3.63, 3.8) is 0 Å². The molecule has 1 N–H and O–H groups in total. The van der Waals surface area contributed by atoms with Gasteiger partial charge >= 0.3 is 0 Å². The Morgan fingerprint density at radius 2 is 2.37 bits per heavy atom. The zero-order valence-electron chi connectivity index (χ0n) is 10.6. The quantitative estimate of drug-likeness (QED) is 0.881.